The van der Waals surface area contributed by atoms with E-state index in [1.807, 2.05) is 6.92 Å². The molecule has 1 N–H and O–H groups in total. The van der Waals surface area contributed by atoms with Crippen LogP contribution >= 0.6 is 7.60 Å². The van der Waals surface area contributed by atoms with E-state index in [-0.39, 0.29) is 0 Å². The highest BCUT2D eigenvalue weighted by molar-refractivity contribution is 7.55. The summed E-state index contributed by atoms with van der Waals surface area (Å²) in [4.78, 5) is 0. The Bertz CT molecular complexity index is 305. The van der Waals surface area contributed by atoms with Gasteiger partial charge in [0.1, 0.15) is 11.3 Å². The second-order valence-corrected chi connectivity index (χ2v) is 5.47. The lowest BCUT2D eigenvalue weighted by atomic mass is 10.1. The molecule has 5 nitrogen and oxygen atoms in total. The van der Waals surface area contributed by atoms with E-state index in [1.165, 1.54) is 0 Å². The van der Waals surface area contributed by atoms with Crippen LogP contribution in [0.2, 0.25) is 0 Å². The van der Waals surface area contributed by atoms with Crippen LogP contribution in [-0.4, -0.2) is 24.5 Å². The van der Waals surface area contributed by atoms with Gasteiger partial charge in [-0.05, 0) is 20.3 Å². The quantitative estimate of drug-likeness (QED) is 0.558. The van der Waals surface area contributed by atoms with E-state index < -0.39 is 18.9 Å². The first-order valence-electron chi connectivity index (χ1n) is 5.16. The van der Waals surface area contributed by atoms with Crippen LogP contribution in [0.25, 0.3) is 0 Å². The van der Waals surface area contributed by atoms with Crippen molar-refractivity contribution in [2.45, 2.75) is 38.5 Å². The molecule has 0 bridgehead atoms. The molecule has 0 aliphatic carbocycles. The van der Waals surface area contributed by atoms with Gasteiger partial charge in [-0.2, -0.15) is 5.26 Å². The van der Waals surface area contributed by atoms with Crippen molar-refractivity contribution in [2.75, 3.05) is 13.2 Å². The first-order valence-corrected chi connectivity index (χ1v) is 6.77. The molecule has 1 fully saturated rings. The highest BCUT2D eigenvalue weighted by atomic mass is 31.2. The summed E-state index contributed by atoms with van der Waals surface area (Å²) in [6.45, 7) is 6.03. The minimum atomic E-state index is -3.17. The van der Waals surface area contributed by atoms with Gasteiger partial charge in [-0.1, -0.05) is 6.92 Å². The maximum atomic E-state index is 12.3. The number of nitriles is 1. The molecule has 1 saturated heterocycles. The Morgan fingerprint density at radius 2 is 1.93 bits per heavy atom. The van der Waals surface area contributed by atoms with Crippen molar-refractivity contribution in [3.63, 3.8) is 0 Å². The molecule has 2 atom stereocenters. The predicted octanol–water partition coefficient (Wildman–Crippen LogP) is 1.85. The van der Waals surface area contributed by atoms with Crippen molar-refractivity contribution in [1.29, 1.82) is 5.26 Å². The summed E-state index contributed by atoms with van der Waals surface area (Å²) < 4.78 is 22.6. The Labute approximate surface area is 90.3 Å². The number of nitrogens with zero attached hydrogens (tertiary/aromatic N) is 1. The van der Waals surface area contributed by atoms with Crippen LogP contribution in [0.4, 0.5) is 0 Å². The Balaban J connectivity index is 2.78. The summed E-state index contributed by atoms with van der Waals surface area (Å²) in [7, 11) is -3.17. The number of nitrogens with one attached hydrogen (secondary N) is 1. The van der Waals surface area contributed by atoms with E-state index >= 15 is 0 Å². The zero-order valence-electron chi connectivity index (χ0n) is 9.32. The van der Waals surface area contributed by atoms with Gasteiger partial charge >= 0.3 is 7.60 Å². The van der Waals surface area contributed by atoms with Crippen LogP contribution in [0.3, 0.4) is 0 Å². The van der Waals surface area contributed by atoms with E-state index in [4.69, 9.17) is 14.3 Å². The van der Waals surface area contributed by atoms with Gasteiger partial charge in [-0.3, -0.25) is 9.88 Å². The van der Waals surface area contributed by atoms with Crippen LogP contribution in [0.1, 0.15) is 27.2 Å². The zero-order valence-corrected chi connectivity index (χ0v) is 10.2. The highest BCUT2D eigenvalue weighted by Gasteiger charge is 2.64. The minimum Gasteiger partial charge on any atom is -0.308 e. The summed E-state index contributed by atoms with van der Waals surface area (Å²) in [5.74, 6) is -0.472. The highest BCUT2D eigenvalue weighted by Crippen LogP contribution is 2.61. The van der Waals surface area contributed by atoms with Crippen LogP contribution in [0.15, 0.2) is 0 Å². The lowest BCUT2D eigenvalue weighted by Gasteiger charge is -2.16. The van der Waals surface area contributed by atoms with E-state index in [0.717, 1.165) is 0 Å². The van der Waals surface area contributed by atoms with E-state index in [1.54, 1.807) is 13.8 Å². The summed E-state index contributed by atoms with van der Waals surface area (Å²) in [5, 5.41) is 11.9. The molecule has 1 rings (SSSR count). The van der Waals surface area contributed by atoms with E-state index in [9.17, 15) is 4.57 Å². The summed E-state index contributed by atoms with van der Waals surface area (Å²) in [6.07, 6.45) is 0.596. The monoisotopic (exact) mass is 232 g/mol. The Hall–Kier alpha value is -0.400. The second kappa shape index (κ2) is 4.63. The van der Waals surface area contributed by atoms with Gasteiger partial charge in [-0.25, -0.2) is 0 Å². The van der Waals surface area contributed by atoms with E-state index in [0.29, 0.717) is 19.6 Å². The van der Waals surface area contributed by atoms with Gasteiger partial charge < -0.3 is 9.05 Å². The fourth-order valence-corrected chi connectivity index (χ4v) is 3.83. The predicted molar refractivity (Wildman–Crippen MR) is 56.4 cm³/mol. The maximum absolute atomic E-state index is 12.3. The smallest absolute Gasteiger partial charge is 0.308 e. The molecule has 0 aromatic heterocycles. The normalized spacial score (nSPS) is 29.9. The van der Waals surface area contributed by atoms with Crippen LogP contribution in [-0.2, 0) is 13.6 Å². The van der Waals surface area contributed by atoms with Gasteiger partial charge in [0.05, 0.1) is 19.3 Å². The SMILES string of the molecule is CCOP(=O)(OCC)[C@@H]1N[C@]1(C#N)CC. The van der Waals surface area contributed by atoms with Crippen LogP contribution in [0, 0.1) is 11.3 Å². The fourth-order valence-electron chi connectivity index (χ4n) is 1.57. The molecule has 1 aliphatic heterocycles. The molecule has 6 heteroatoms. The molecule has 1 aliphatic rings. The van der Waals surface area contributed by atoms with Crippen molar-refractivity contribution in [3.05, 3.63) is 0 Å². The Morgan fingerprint density at radius 1 is 1.40 bits per heavy atom. The third kappa shape index (κ3) is 2.24. The molecule has 0 radical (unpaired) electrons. The first-order chi connectivity index (χ1) is 7.08. The molecule has 86 valence electrons. The maximum Gasteiger partial charge on any atom is 0.350 e. The largest absolute Gasteiger partial charge is 0.350 e. The van der Waals surface area contributed by atoms with Gasteiger partial charge in [-0.15, -0.1) is 0 Å². The van der Waals surface area contributed by atoms with Gasteiger partial charge in [0, 0.05) is 0 Å². The summed E-state index contributed by atoms with van der Waals surface area (Å²) >= 11 is 0. The lowest BCUT2D eigenvalue weighted by molar-refractivity contribution is 0.217. The van der Waals surface area contributed by atoms with E-state index in [2.05, 4.69) is 11.4 Å². The topological polar surface area (TPSA) is 81.3 Å². The first kappa shape index (κ1) is 12.7. The van der Waals surface area contributed by atoms with Crippen LogP contribution < -0.4 is 5.32 Å². The molecule has 1 heterocycles. The van der Waals surface area contributed by atoms with Crippen molar-refractivity contribution in [2.24, 2.45) is 0 Å². The van der Waals surface area contributed by atoms with Crippen molar-refractivity contribution in [1.82, 2.24) is 5.32 Å². The second-order valence-electron chi connectivity index (χ2n) is 3.36. The molecule has 0 unspecified atom stereocenters. The molecular weight excluding hydrogens is 215 g/mol. The Kier molecular flexibility index (Phi) is 3.91. The molecule has 0 aromatic carbocycles. The van der Waals surface area contributed by atoms with Gasteiger partial charge in [0.15, 0.2) is 0 Å². The number of hydrogen-bond donors (Lipinski definition) is 1. The lowest BCUT2D eigenvalue weighted by Crippen LogP contribution is -2.14. The van der Waals surface area contributed by atoms with Gasteiger partial charge in [0.2, 0.25) is 0 Å². The average Bonchev–Trinajstić information content (AvgIpc) is 2.94. The van der Waals surface area contributed by atoms with Crippen molar-refractivity contribution >= 4 is 7.60 Å². The molecule has 15 heavy (non-hydrogen) atoms. The third-order valence-electron chi connectivity index (χ3n) is 2.47. The molecule has 0 aromatic rings. The number of rotatable bonds is 6. The van der Waals surface area contributed by atoms with Crippen LogP contribution in [0.5, 0.6) is 0 Å². The van der Waals surface area contributed by atoms with Gasteiger partial charge in [0.25, 0.3) is 0 Å². The summed E-state index contributed by atoms with van der Waals surface area (Å²) in [6, 6.07) is 2.13. The average molecular weight is 232 g/mol. The van der Waals surface area contributed by atoms with Crippen molar-refractivity contribution < 1.29 is 13.6 Å². The fraction of sp³-hybridized carbons (Fsp3) is 0.889. The summed E-state index contributed by atoms with van der Waals surface area (Å²) in [5.41, 5.74) is -0.722. The molecule has 0 amide bonds. The molecule has 0 saturated carbocycles. The minimum absolute atomic E-state index is 0.320. The number of hydrogen-bond acceptors (Lipinski definition) is 5. The standard InChI is InChI=1S/C9H17N2O3P/c1-4-9(7-10)8(11-9)15(12,13-5-2)14-6-3/h8,11H,4-6H2,1-3H3/t8-,9-/m0/s1. The molecular formula is C9H17N2O3P. The molecule has 0 spiro atoms. The zero-order chi connectivity index (χ0) is 11.5. The third-order valence-corrected chi connectivity index (χ3v) is 4.91. The van der Waals surface area contributed by atoms with Crippen molar-refractivity contribution in [3.8, 4) is 6.07 Å². The Morgan fingerprint density at radius 3 is 2.20 bits per heavy atom.